The van der Waals surface area contributed by atoms with Crippen molar-refractivity contribution in [2.24, 2.45) is 0 Å². The lowest BCUT2D eigenvalue weighted by Gasteiger charge is -1.92. The Morgan fingerprint density at radius 3 is 2.87 bits per heavy atom. The summed E-state index contributed by atoms with van der Waals surface area (Å²) in [5, 5.41) is 4.04. The molecule has 0 saturated heterocycles. The van der Waals surface area contributed by atoms with Crippen LogP contribution < -0.4 is 0 Å². The number of furan rings is 1. The highest BCUT2D eigenvalue weighted by Gasteiger charge is 2.14. The molecular formula is C11H12N2O2. The van der Waals surface area contributed by atoms with Gasteiger partial charge in [-0.05, 0) is 26.0 Å². The van der Waals surface area contributed by atoms with E-state index in [0.29, 0.717) is 11.3 Å². The molecule has 0 saturated carbocycles. The molecule has 0 spiro atoms. The van der Waals surface area contributed by atoms with Crippen LogP contribution in [0.2, 0.25) is 0 Å². The third kappa shape index (κ3) is 1.83. The van der Waals surface area contributed by atoms with Crippen molar-refractivity contribution in [2.45, 2.75) is 20.4 Å². The Balaban J connectivity index is 2.28. The number of rotatable bonds is 3. The monoisotopic (exact) mass is 204 g/mol. The van der Waals surface area contributed by atoms with Crippen molar-refractivity contribution in [3.05, 3.63) is 41.6 Å². The fourth-order valence-electron chi connectivity index (χ4n) is 1.35. The summed E-state index contributed by atoms with van der Waals surface area (Å²) in [5.74, 6) is 0.979. The molecule has 0 N–H and O–H groups in total. The van der Waals surface area contributed by atoms with Crippen molar-refractivity contribution in [3.63, 3.8) is 0 Å². The standard InChI is InChI=1S/C11H12N2O2/c1-3-13-7-9(6-12-13)11(14)10-5-4-8(2)15-10/h4-7H,3H2,1-2H3. The Morgan fingerprint density at radius 2 is 2.33 bits per heavy atom. The summed E-state index contributed by atoms with van der Waals surface area (Å²) in [4.78, 5) is 11.8. The van der Waals surface area contributed by atoms with E-state index in [9.17, 15) is 4.79 Å². The predicted molar refractivity (Wildman–Crippen MR) is 54.8 cm³/mol. The van der Waals surface area contributed by atoms with Crippen LogP contribution in [0.1, 0.15) is 28.8 Å². The highest BCUT2D eigenvalue weighted by Crippen LogP contribution is 2.12. The van der Waals surface area contributed by atoms with Gasteiger partial charge in [-0.15, -0.1) is 0 Å². The first-order valence-electron chi connectivity index (χ1n) is 4.84. The molecule has 2 rings (SSSR count). The van der Waals surface area contributed by atoms with Crippen LogP contribution in [0.4, 0.5) is 0 Å². The molecule has 0 amide bonds. The van der Waals surface area contributed by atoms with E-state index in [4.69, 9.17) is 4.42 Å². The highest BCUT2D eigenvalue weighted by molar-refractivity contribution is 6.06. The number of ketones is 1. The van der Waals surface area contributed by atoms with E-state index in [2.05, 4.69) is 5.10 Å². The van der Waals surface area contributed by atoms with Gasteiger partial charge in [0.05, 0.1) is 11.8 Å². The van der Waals surface area contributed by atoms with Crippen molar-refractivity contribution in [3.8, 4) is 0 Å². The predicted octanol–water partition coefficient (Wildman–Crippen LogP) is 2.04. The maximum atomic E-state index is 11.8. The van der Waals surface area contributed by atoms with E-state index in [1.165, 1.54) is 0 Å². The molecule has 0 atom stereocenters. The lowest BCUT2D eigenvalue weighted by molar-refractivity contribution is 0.101. The molecule has 0 aromatic carbocycles. The van der Waals surface area contributed by atoms with Gasteiger partial charge in [-0.3, -0.25) is 9.48 Å². The van der Waals surface area contributed by atoms with Crippen molar-refractivity contribution in [2.75, 3.05) is 0 Å². The minimum atomic E-state index is -0.122. The van der Waals surface area contributed by atoms with Gasteiger partial charge < -0.3 is 4.42 Å². The number of carbonyl (C=O) groups excluding carboxylic acids is 1. The minimum absolute atomic E-state index is 0.122. The van der Waals surface area contributed by atoms with E-state index in [0.717, 1.165) is 12.3 Å². The first kappa shape index (κ1) is 9.71. The Labute approximate surface area is 87.5 Å². The molecule has 0 aliphatic heterocycles. The third-order valence-electron chi connectivity index (χ3n) is 2.18. The van der Waals surface area contributed by atoms with Gasteiger partial charge in [0.2, 0.25) is 5.78 Å². The number of hydrogen-bond donors (Lipinski definition) is 0. The van der Waals surface area contributed by atoms with Crippen LogP contribution in [-0.4, -0.2) is 15.6 Å². The molecule has 0 bridgehead atoms. The van der Waals surface area contributed by atoms with Crippen LogP contribution in [0.25, 0.3) is 0 Å². The summed E-state index contributed by atoms with van der Waals surface area (Å²) < 4.78 is 6.97. The molecule has 0 fully saturated rings. The van der Waals surface area contributed by atoms with Crippen LogP contribution in [0, 0.1) is 6.92 Å². The molecule has 0 aliphatic rings. The topological polar surface area (TPSA) is 48.0 Å². The van der Waals surface area contributed by atoms with Crippen LogP contribution in [0.3, 0.4) is 0 Å². The minimum Gasteiger partial charge on any atom is -0.458 e. The average molecular weight is 204 g/mol. The molecule has 0 radical (unpaired) electrons. The lowest BCUT2D eigenvalue weighted by Crippen LogP contribution is -1.98. The molecule has 2 aromatic heterocycles. The summed E-state index contributed by atoms with van der Waals surface area (Å²) in [5.41, 5.74) is 0.561. The fraction of sp³-hybridized carbons (Fsp3) is 0.273. The number of nitrogens with zero attached hydrogens (tertiary/aromatic N) is 2. The van der Waals surface area contributed by atoms with Crippen molar-refractivity contribution >= 4 is 5.78 Å². The van der Waals surface area contributed by atoms with Gasteiger partial charge in [-0.25, -0.2) is 0 Å². The van der Waals surface area contributed by atoms with E-state index in [1.54, 1.807) is 29.2 Å². The van der Waals surface area contributed by atoms with E-state index in [1.807, 2.05) is 13.8 Å². The van der Waals surface area contributed by atoms with E-state index < -0.39 is 0 Å². The first-order valence-corrected chi connectivity index (χ1v) is 4.84. The van der Waals surface area contributed by atoms with Gasteiger partial charge >= 0.3 is 0 Å². The van der Waals surface area contributed by atoms with Gasteiger partial charge in [0, 0.05) is 12.7 Å². The van der Waals surface area contributed by atoms with Gasteiger partial charge in [0.1, 0.15) is 5.76 Å². The van der Waals surface area contributed by atoms with Gasteiger partial charge in [-0.1, -0.05) is 0 Å². The molecule has 4 nitrogen and oxygen atoms in total. The Hall–Kier alpha value is -1.84. The summed E-state index contributed by atoms with van der Waals surface area (Å²) >= 11 is 0. The molecule has 2 heterocycles. The van der Waals surface area contributed by atoms with Crippen LogP contribution in [0.5, 0.6) is 0 Å². The van der Waals surface area contributed by atoms with Crippen LogP contribution in [-0.2, 0) is 6.54 Å². The second-order valence-electron chi connectivity index (χ2n) is 3.32. The van der Waals surface area contributed by atoms with Crippen molar-refractivity contribution in [1.82, 2.24) is 9.78 Å². The summed E-state index contributed by atoms with van der Waals surface area (Å²) in [6, 6.07) is 3.46. The number of aromatic nitrogens is 2. The first-order chi connectivity index (χ1) is 7.20. The maximum Gasteiger partial charge on any atom is 0.231 e. The Bertz CT molecular complexity index is 482. The van der Waals surface area contributed by atoms with E-state index >= 15 is 0 Å². The summed E-state index contributed by atoms with van der Waals surface area (Å²) in [7, 11) is 0. The van der Waals surface area contributed by atoms with Gasteiger partial charge in [0.15, 0.2) is 5.76 Å². The smallest absolute Gasteiger partial charge is 0.231 e. The zero-order valence-electron chi connectivity index (χ0n) is 8.73. The number of hydrogen-bond acceptors (Lipinski definition) is 3. The number of carbonyl (C=O) groups is 1. The molecule has 0 unspecified atom stereocenters. The molecule has 2 aromatic rings. The molecule has 15 heavy (non-hydrogen) atoms. The largest absolute Gasteiger partial charge is 0.458 e. The van der Waals surface area contributed by atoms with Gasteiger partial charge in [-0.2, -0.15) is 5.10 Å². The third-order valence-corrected chi connectivity index (χ3v) is 2.18. The SMILES string of the molecule is CCn1cc(C(=O)c2ccc(C)o2)cn1. The van der Waals surface area contributed by atoms with E-state index in [-0.39, 0.29) is 5.78 Å². The summed E-state index contributed by atoms with van der Waals surface area (Å²) in [6.07, 6.45) is 3.28. The lowest BCUT2D eigenvalue weighted by atomic mass is 10.2. The second-order valence-corrected chi connectivity index (χ2v) is 3.32. The molecule has 78 valence electrons. The zero-order chi connectivity index (χ0) is 10.8. The Kier molecular flexibility index (Phi) is 2.41. The fourth-order valence-corrected chi connectivity index (χ4v) is 1.35. The average Bonchev–Trinajstić information content (AvgIpc) is 2.84. The number of aryl methyl sites for hydroxylation is 2. The van der Waals surface area contributed by atoms with Gasteiger partial charge in [0.25, 0.3) is 0 Å². The quantitative estimate of drug-likeness (QED) is 0.719. The normalized spacial score (nSPS) is 10.5. The summed E-state index contributed by atoms with van der Waals surface area (Å²) in [6.45, 7) is 4.54. The maximum absolute atomic E-state index is 11.8. The van der Waals surface area contributed by atoms with Crippen LogP contribution in [0.15, 0.2) is 28.9 Å². The zero-order valence-corrected chi connectivity index (χ0v) is 8.73. The molecule has 4 heteroatoms. The van der Waals surface area contributed by atoms with Crippen molar-refractivity contribution < 1.29 is 9.21 Å². The molecular weight excluding hydrogens is 192 g/mol. The highest BCUT2D eigenvalue weighted by atomic mass is 16.3. The Morgan fingerprint density at radius 1 is 1.53 bits per heavy atom. The van der Waals surface area contributed by atoms with Crippen molar-refractivity contribution in [1.29, 1.82) is 0 Å². The molecule has 0 aliphatic carbocycles. The van der Waals surface area contributed by atoms with Crippen LogP contribution >= 0.6 is 0 Å². The second kappa shape index (κ2) is 3.73.